The van der Waals surface area contributed by atoms with Gasteiger partial charge >= 0.3 is 7.82 Å². The van der Waals surface area contributed by atoms with Gasteiger partial charge < -0.3 is 19.8 Å². The van der Waals surface area contributed by atoms with Crippen molar-refractivity contribution < 1.29 is 32.9 Å². The molecule has 76 heavy (non-hydrogen) atoms. The maximum atomic E-state index is 13.0. The fourth-order valence-corrected chi connectivity index (χ4v) is 10.1. The fourth-order valence-electron chi connectivity index (χ4n) is 9.41. The van der Waals surface area contributed by atoms with Crippen LogP contribution in [-0.4, -0.2) is 73.4 Å². The molecule has 444 valence electrons. The molecule has 0 aliphatic rings. The molecule has 0 heterocycles. The van der Waals surface area contributed by atoms with E-state index in [-0.39, 0.29) is 19.1 Å². The minimum atomic E-state index is -4.35. The summed E-state index contributed by atoms with van der Waals surface area (Å²) in [6, 6.07) is -0.862. The minimum Gasteiger partial charge on any atom is -0.387 e. The Labute approximate surface area is 472 Å². The topological polar surface area (TPSA) is 105 Å². The number of unbranched alkanes of at least 4 members (excludes halogenated alkanes) is 36. The third-order valence-corrected chi connectivity index (χ3v) is 15.4. The summed E-state index contributed by atoms with van der Waals surface area (Å²) in [5, 5.41) is 13.9. The highest BCUT2D eigenvalue weighted by atomic mass is 31.2. The van der Waals surface area contributed by atoms with E-state index in [1.54, 1.807) is 6.08 Å². The van der Waals surface area contributed by atoms with Crippen molar-refractivity contribution in [3.8, 4) is 0 Å². The molecule has 0 rings (SSSR count). The van der Waals surface area contributed by atoms with Crippen LogP contribution >= 0.6 is 7.82 Å². The van der Waals surface area contributed by atoms with Gasteiger partial charge in [-0.15, -0.1) is 0 Å². The van der Waals surface area contributed by atoms with Gasteiger partial charge in [0.15, 0.2) is 0 Å². The number of nitrogens with one attached hydrogen (secondary N) is 1. The van der Waals surface area contributed by atoms with Gasteiger partial charge in [0.05, 0.1) is 39.9 Å². The molecule has 3 N–H and O–H groups in total. The van der Waals surface area contributed by atoms with Gasteiger partial charge in [0.25, 0.3) is 0 Å². The summed E-state index contributed by atoms with van der Waals surface area (Å²) in [7, 11) is 1.56. The van der Waals surface area contributed by atoms with Crippen molar-refractivity contribution in [1.82, 2.24) is 5.32 Å². The third kappa shape index (κ3) is 59.6. The van der Waals surface area contributed by atoms with Crippen molar-refractivity contribution >= 4 is 13.7 Å². The number of carbonyl (C=O) groups is 1. The highest BCUT2D eigenvalue weighted by molar-refractivity contribution is 7.47. The van der Waals surface area contributed by atoms with E-state index in [9.17, 15) is 19.4 Å². The second-order valence-corrected chi connectivity index (χ2v) is 24.6. The molecule has 0 aliphatic carbocycles. The van der Waals surface area contributed by atoms with Crippen LogP contribution in [0.15, 0.2) is 72.9 Å². The second-order valence-electron chi connectivity index (χ2n) is 23.1. The number of phosphoric acid groups is 1. The molecule has 0 aliphatic heterocycles. The Hall–Kier alpha value is -2.06. The van der Waals surface area contributed by atoms with E-state index in [4.69, 9.17) is 9.05 Å². The quantitative estimate of drug-likeness (QED) is 0.0243. The lowest BCUT2D eigenvalue weighted by molar-refractivity contribution is -0.870. The lowest BCUT2D eigenvalue weighted by atomic mass is 10.0. The van der Waals surface area contributed by atoms with Gasteiger partial charge in [-0.2, -0.15) is 0 Å². The Morgan fingerprint density at radius 1 is 0.461 bits per heavy atom. The summed E-state index contributed by atoms with van der Waals surface area (Å²) in [5.41, 5.74) is 0. The van der Waals surface area contributed by atoms with Crippen molar-refractivity contribution in [1.29, 1.82) is 0 Å². The number of nitrogens with zero attached hydrogens (tertiary/aromatic N) is 1. The summed E-state index contributed by atoms with van der Waals surface area (Å²) in [6.45, 7) is 4.69. The third-order valence-electron chi connectivity index (χ3n) is 14.4. The van der Waals surface area contributed by atoms with E-state index in [2.05, 4.69) is 79.9 Å². The Morgan fingerprint density at radius 3 is 1.21 bits per heavy atom. The Morgan fingerprint density at radius 2 is 0.803 bits per heavy atom. The van der Waals surface area contributed by atoms with Crippen LogP contribution in [0.4, 0.5) is 0 Å². The number of aliphatic hydroxyl groups excluding tert-OH is 1. The second kappa shape index (κ2) is 57.6. The molecule has 3 unspecified atom stereocenters. The van der Waals surface area contributed by atoms with Crippen LogP contribution in [0.1, 0.15) is 296 Å². The van der Waals surface area contributed by atoms with Gasteiger partial charge in [0.1, 0.15) is 13.2 Å². The number of hydrogen-bond donors (Lipinski definition) is 3. The standard InChI is InChI=1S/C67H125N2O6P/c1-6-8-10-12-14-16-18-20-21-22-23-24-25-26-27-28-29-30-31-32-33-34-35-36-37-38-39-40-41-42-43-44-45-46-47-49-51-53-55-57-59-61-67(71)68-65(64-75-76(72,73)74-63-62-69(3,4)5)66(70)60-58-56-54-52-50-48-19-17-15-13-11-9-7-2/h8,10,14,16,20-21,23-24,50,52,58,60,65-66,70H,6-7,9,11-13,15,17-19,22,25-49,51,53-57,59,61-64H2,1-5H3,(H-,68,71,72,73)/p+1/b10-8-,16-14-,21-20-,24-23-,52-50+,60-58+. The Kier molecular flexibility index (Phi) is 56.1. The van der Waals surface area contributed by atoms with Crippen molar-refractivity contribution in [2.24, 2.45) is 0 Å². The van der Waals surface area contributed by atoms with Gasteiger partial charge in [0, 0.05) is 6.42 Å². The monoisotopic (exact) mass is 1090 g/mol. The van der Waals surface area contributed by atoms with Crippen molar-refractivity contribution in [2.75, 3.05) is 40.9 Å². The minimum absolute atomic E-state index is 0.0565. The molecule has 0 aromatic heterocycles. The summed E-state index contributed by atoms with van der Waals surface area (Å²) in [5.74, 6) is -0.184. The van der Waals surface area contributed by atoms with Crippen LogP contribution in [-0.2, 0) is 18.4 Å². The average Bonchev–Trinajstić information content (AvgIpc) is 3.38. The van der Waals surface area contributed by atoms with E-state index < -0.39 is 20.0 Å². The normalized spacial score (nSPS) is 14.2. The number of carbonyl (C=O) groups excluding carboxylic acids is 1. The average molecular weight is 1090 g/mol. The molecule has 9 heteroatoms. The molecule has 1 amide bonds. The van der Waals surface area contributed by atoms with Crippen LogP contribution in [0.5, 0.6) is 0 Å². The lowest BCUT2D eigenvalue weighted by Crippen LogP contribution is -2.45. The van der Waals surface area contributed by atoms with E-state index in [0.717, 1.165) is 64.2 Å². The maximum Gasteiger partial charge on any atom is 0.472 e. The predicted molar refractivity (Wildman–Crippen MR) is 332 cm³/mol. The van der Waals surface area contributed by atoms with Gasteiger partial charge in [-0.1, -0.05) is 292 Å². The molecule has 0 aromatic carbocycles. The van der Waals surface area contributed by atoms with Gasteiger partial charge in [-0.3, -0.25) is 13.8 Å². The number of rotatable bonds is 59. The fraction of sp³-hybridized carbons (Fsp3) is 0.806. The molecule has 0 saturated carbocycles. The van der Waals surface area contributed by atoms with Crippen LogP contribution in [0.2, 0.25) is 0 Å². The van der Waals surface area contributed by atoms with Crippen molar-refractivity contribution in [3.05, 3.63) is 72.9 Å². The van der Waals surface area contributed by atoms with Crippen molar-refractivity contribution in [3.63, 3.8) is 0 Å². The highest BCUT2D eigenvalue weighted by Gasteiger charge is 2.27. The molecule has 0 bridgehead atoms. The molecule has 0 saturated heterocycles. The molecular formula is C67H126N2O6P+. The van der Waals surface area contributed by atoms with E-state index in [1.807, 2.05) is 27.2 Å². The molecular weight excluding hydrogens is 960 g/mol. The Bertz CT molecular complexity index is 1470. The summed E-state index contributed by atoms with van der Waals surface area (Å²) in [6.07, 6.45) is 80.6. The van der Waals surface area contributed by atoms with Crippen LogP contribution in [0, 0.1) is 0 Å². The number of likely N-dealkylation sites (N-methyl/N-ethyl adjacent to an activating group) is 1. The molecule has 0 radical (unpaired) electrons. The first kappa shape index (κ1) is 73.9. The number of quaternary nitrogens is 1. The number of allylic oxidation sites excluding steroid dienone is 11. The van der Waals surface area contributed by atoms with Crippen LogP contribution in [0.25, 0.3) is 0 Å². The van der Waals surface area contributed by atoms with E-state index in [1.165, 1.54) is 212 Å². The molecule has 8 nitrogen and oxygen atoms in total. The van der Waals surface area contributed by atoms with Crippen LogP contribution in [0.3, 0.4) is 0 Å². The number of amides is 1. The summed E-state index contributed by atoms with van der Waals surface area (Å²) >= 11 is 0. The van der Waals surface area contributed by atoms with E-state index >= 15 is 0 Å². The SMILES string of the molecule is CC/C=C\C/C=C\C/C=C\C/C=C\CCCCCCCCCCCCCCCCCCCCCCCCCCCCCCC(=O)NC(COP(=O)(O)OCC[N+](C)(C)C)C(O)/C=C/CC/C=C/CCCCCCCCC. The first-order valence-corrected chi connectivity index (χ1v) is 33.8. The van der Waals surface area contributed by atoms with Crippen LogP contribution < -0.4 is 5.32 Å². The Balaban J connectivity index is 3.85. The number of hydrogen-bond acceptors (Lipinski definition) is 5. The van der Waals surface area contributed by atoms with Gasteiger partial charge in [-0.05, 0) is 70.6 Å². The maximum absolute atomic E-state index is 13.0. The predicted octanol–water partition coefficient (Wildman–Crippen LogP) is 20.2. The first-order valence-electron chi connectivity index (χ1n) is 32.3. The highest BCUT2D eigenvalue weighted by Crippen LogP contribution is 2.43. The van der Waals surface area contributed by atoms with Crippen molar-refractivity contribution in [2.45, 2.75) is 309 Å². The zero-order valence-electron chi connectivity index (χ0n) is 50.7. The largest absolute Gasteiger partial charge is 0.472 e. The summed E-state index contributed by atoms with van der Waals surface area (Å²) in [4.78, 5) is 23.3. The van der Waals surface area contributed by atoms with Gasteiger partial charge in [-0.25, -0.2) is 4.57 Å². The molecule has 3 atom stereocenters. The lowest BCUT2D eigenvalue weighted by Gasteiger charge is -2.25. The summed E-state index contributed by atoms with van der Waals surface area (Å²) < 4.78 is 23.7. The molecule has 0 spiro atoms. The number of phosphoric ester groups is 1. The number of aliphatic hydroxyl groups is 1. The zero-order valence-corrected chi connectivity index (χ0v) is 51.6. The van der Waals surface area contributed by atoms with E-state index in [0.29, 0.717) is 17.4 Å². The van der Waals surface area contributed by atoms with Gasteiger partial charge in [0.2, 0.25) is 5.91 Å². The first-order chi connectivity index (χ1) is 37.0. The smallest absolute Gasteiger partial charge is 0.387 e. The molecule has 0 aromatic rings. The molecule has 0 fully saturated rings. The zero-order chi connectivity index (χ0) is 55.6.